The summed E-state index contributed by atoms with van der Waals surface area (Å²) < 4.78 is 6.03. The zero-order valence-electron chi connectivity index (χ0n) is 12.0. The summed E-state index contributed by atoms with van der Waals surface area (Å²) >= 11 is 1.74. The smallest absolute Gasteiger partial charge is 0.132 e. The number of fused-ring (bicyclic) bond motifs is 1. The van der Waals surface area contributed by atoms with Gasteiger partial charge in [-0.3, -0.25) is 0 Å². The molecule has 0 saturated carbocycles. The van der Waals surface area contributed by atoms with Crippen molar-refractivity contribution < 1.29 is 9.84 Å². The fourth-order valence-corrected chi connectivity index (χ4v) is 3.15. The molecule has 1 N–H and O–H groups in total. The number of hydrogen-bond acceptors (Lipinski definition) is 3. The van der Waals surface area contributed by atoms with Gasteiger partial charge < -0.3 is 9.84 Å². The minimum atomic E-state index is -0.536. The minimum Gasteiger partial charge on any atom is -0.492 e. The van der Waals surface area contributed by atoms with Crippen LogP contribution in [0.15, 0.2) is 53.9 Å². The second kappa shape index (κ2) is 6.29. The van der Waals surface area contributed by atoms with Crippen molar-refractivity contribution in [1.82, 2.24) is 0 Å². The van der Waals surface area contributed by atoms with E-state index in [4.69, 9.17) is 4.74 Å². The lowest BCUT2D eigenvalue weighted by molar-refractivity contribution is 0.192. The lowest BCUT2D eigenvalue weighted by atomic mass is 10.0. The van der Waals surface area contributed by atoms with Gasteiger partial charge in [-0.25, -0.2) is 0 Å². The Hall–Kier alpha value is -1.84. The van der Waals surface area contributed by atoms with Gasteiger partial charge in [0.2, 0.25) is 0 Å². The number of ether oxygens (including phenoxy) is 1. The minimum absolute atomic E-state index is 0.536. The first kappa shape index (κ1) is 14.1. The Morgan fingerprint density at radius 3 is 2.71 bits per heavy atom. The van der Waals surface area contributed by atoms with E-state index in [2.05, 4.69) is 23.6 Å². The van der Waals surface area contributed by atoms with Crippen LogP contribution in [0.3, 0.4) is 0 Å². The first-order chi connectivity index (χ1) is 10.3. The van der Waals surface area contributed by atoms with Crippen LogP contribution in [0.1, 0.15) is 23.5 Å². The highest BCUT2D eigenvalue weighted by Crippen LogP contribution is 2.33. The summed E-state index contributed by atoms with van der Waals surface area (Å²) in [4.78, 5) is 1.31. The molecule has 2 nitrogen and oxygen atoms in total. The van der Waals surface area contributed by atoms with Gasteiger partial charge in [-0.2, -0.15) is 0 Å². The second-order valence-corrected chi connectivity index (χ2v) is 6.09. The Kier molecular flexibility index (Phi) is 4.23. The maximum atomic E-state index is 9.97. The predicted molar refractivity (Wildman–Crippen MR) is 88.1 cm³/mol. The molecule has 3 heteroatoms. The number of hydrogen-bond donors (Lipinski definition) is 1. The number of thiophene rings is 1. The molecule has 3 rings (SSSR count). The Balaban J connectivity index is 1.89. The third-order valence-electron chi connectivity index (χ3n) is 3.54. The first-order valence-electron chi connectivity index (χ1n) is 7.10. The highest BCUT2D eigenvalue weighted by atomic mass is 32.1. The summed E-state index contributed by atoms with van der Waals surface area (Å²) in [6.45, 7) is 2.39. The third kappa shape index (κ3) is 3.09. The molecule has 0 aliphatic heterocycles. The molecule has 0 spiro atoms. The number of aliphatic hydroxyl groups is 1. The molecule has 1 aromatic heterocycles. The lowest BCUT2D eigenvalue weighted by Crippen LogP contribution is -2.04. The molecule has 0 aliphatic rings. The summed E-state index contributed by atoms with van der Waals surface area (Å²) in [6.07, 6.45) is 0.353. The molecular weight excluding hydrogens is 280 g/mol. The van der Waals surface area contributed by atoms with Gasteiger partial charge in [0.05, 0.1) is 12.7 Å². The van der Waals surface area contributed by atoms with Crippen LogP contribution in [0.2, 0.25) is 0 Å². The van der Waals surface area contributed by atoms with Gasteiger partial charge in [0.1, 0.15) is 5.75 Å². The van der Waals surface area contributed by atoms with Crippen molar-refractivity contribution in [2.24, 2.45) is 0 Å². The Morgan fingerprint density at radius 1 is 1.10 bits per heavy atom. The van der Waals surface area contributed by atoms with Crippen molar-refractivity contribution in [3.63, 3.8) is 0 Å². The summed E-state index contributed by atoms with van der Waals surface area (Å²) in [7, 11) is 0. The molecular formula is C18H18O2S. The maximum absolute atomic E-state index is 9.97. The summed E-state index contributed by atoms with van der Waals surface area (Å²) in [5.74, 6) is 0.805. The number of aliphatic hydroxyl groups excluding tert-OH is 1. The maximum Gasteiger partial charge on any atom is 0.132 e. The van der Waals surface area contributed by atoms with Gasteiger partial charge in [-0.15, -0.1) is 11.3 Å². The molecule has 1 heterocycles. The third-order valence-corrected chi connectivity index (χ3v) is 4.47. The van der Waals surface area contributed by atoms with E-state index < -0.39 is 6.10 Å². The van der Waals surface area contributed by atoms with Gasteiger partial charge in [-0.05, 0) is 23.8 Å². The van der Waals surface area contributed by atoms with Gasteiger partial charge >= 0.3 is 0 Å². The van der Waals surface area contributed by atoms with Crippen molar-refractivity contribution >= 4 is 22.1 Å². The van der Waals surface area contributed by atoms with Gasteiger partial charge in [0.15, 0.2) is 0 Å². The van der Waals surface area contributed by atoms with Crippen molar-refractivity contribution in [3.8, 4) is 5.75 Å². The Morgan fingerprint density at radius 2 is 1.95 bits per heavy atom. The average Bonchev–Trinajstić information content (AvgIpc) is 3.00. The SMILES string of the molecule is CC(O)c1ccc2ccccc2c1OCCc1cccs1. The molecule has 2 aromatic carbocycles. The number of benzene rings is 2. The van der Waals surface area contributed by atoms with Crippen LogP contribution < -0.4 is 4.74 Å². The quantitative estimate of drug-likeness (QED) is 0.747. The van der Waals surface area contributed by atoms with Crippen molar-refractivity contribution in [1.29, 1.82) is 0 Å². The van der Waals surface area contributed by atoms with Crippen molar-refractivity contribution in [2.45, 2.75) is 19.4 Å². The molecule has 1 atom stereocenters. The average molecular weight is 298 g/mol. The normalized spacial score (nSPS) is 12.5. The molecule has 0 radical (unpaired) electrons. The molecule has 3 aromatic rings. The van der Waals surface area contributed by atoms with Crippen molar-refractivity contribution in [3.05, 3.63) is 64.4 Å². The van der Waals surface area contributed by atoms with E-state index in [-0.39, 0.29) is 0 Å². The molecule has 0 aliphatic carbocycles. The summed E-state index contributed by atoms with van der Waals surface area (Å²) in [5, 5.41) is 14.2. The van der Waals surface area contributed by atoms with E-state index in [1.54, 1.807) is 18.3 Å². The van der Waals surface area contributed by atoms with Crippen molar-refractivity contribution in [2.75, 3.05) is 6.61 Å². The van der Waals surface area contributed by atoms with E-state index in [0.29, 0.717) is 6.61 Å². The molecule has 0 fully saturated rings. The Bertz CT molecular complexity index is 717. The van der Waals surface area contributed by atoms with E-state index in [1.165, 1.54) is 4.88 Å². The van der Waals surface area contributed by atoms with Crippen LogP contribution >= 0.6 is 11.3 Å². The second-order valence-electron chi connectivity index (χ2n) is 5.06. The van der Waals surface area contributed by atoms with Crippen LogP contribution in [0.25, 0.3) is 10.8 Å². The van der Waals surface area contributed by atoms with Crippen LogP contribution in [0, 0.1) is 0 Å². The first-order valence-corrected chi connectivity index (χ1v) is 7.98. The Labute approximate surface area is 128 Å². The van der Waals surface area contributed by atoms with Crippen LogP contribution in [-0.4, -0.2) is 11.7 Å². The van der Waals surface area contributed by atoms with Crippen LogP contribution in [0.5, 0.6) is 5.75 Å². The van der Waals surface area contributed by atoms with Crippen LogP contribution in [-0.2, 0) is 6.42 Å². The highest BCUT2D eigenvalue weighted by Gasteiger charge is 2.13. The highest BCUT2D eigenvalue weighted by molar-refractivity contribution is 7.09. The molecule has 21 heavy (non-hydrogen) atoms. The monoisotopic (exact) mass is 298 g/mol. The van der Waals surface area contributed by atoms with Gasteiger partial charge in [0.25, 0.3) is 0 Å². The summed E-state index contributed by atoms with van der Waals surface area (Å²) in [5.41, 5.74) is 0.847. The van der Waals surface area contributed by atoms with Crippen LogP contribution in [0.4, 0.5) is 0 Å². The zero-order chi connectivity index (χ0) is 14.7. The zero-order valence-corrected chi connectivity index (χ0v) is 12.8. The molecule has 1 unspecified atom stereocenters. The number of rotatable bonds is 5. The van der Waals surface area contributed by atoms with Gasteiger partial charge in [0, 0.05) is 22.2 Å². The van der Waals surface area contributed by atoms with Gasteiger partial charge in [-0.1, -0.05) is 42.5 Å². The topological polar surface area (TPSA) is 29.5 Å². The largest absolute Gasteiger partial charge is 0.492 e. The fourth-order valence-electron chi connectivity index (χ4n) is 2.46. The molecule has 0 saturated heterocycles. The predicted octanol–water partition coefficient (Wildman–Crippen LogP) is 4.58. The standard InChI is InChI=1S/C18H18O2S/c1-13(19)16-9-8-14-5-2-3-7-17(14)18(16)20-11-10-15-6-4-12-21-15/h2-9,12-13,19H,10-11H2,1H3. The summed E-state index contributed by atoms with van der Waals surface area (Å²) in [6, 6.07) is 16.3. The van der Waals surface area contributed by atoms with E-state index in [9.17, 15) is 5.11 Å². The van der Waals surface area contributed by atoms with E-state index >= 15 is 0 Å². The van der Waals surface area contributed by atoms with E-state index in [1.807, 2.05) is 30.3 Å². The lowest BCUT2D eigenvalue weighted by Gasteiger charge is -2.16. The molecule has 0 bridgehead atoms. The fraction of sp³-hybridized carbons (Fsp3) is 0.222. The molecule has 108 valence electrons. The van der Waals surface area contributed by atoms with E-state index in [0.717, 1.165) is 28.5 Å². The molecule has 0 amide bonds.